The number of Topliss-reactive ketones (excluding diaryl/α,β-unsaturated/α-hetero) is 1. The van der Waals surface area contributed by atoms with Crippen molar-refractivity contribution >= 4 is 23.1 Å². The fourth-order valence-corrected chi connectivity index (χ4v) is 4.38. The lowest BCUT2D eigenvalue weighted by Crippen LogP contribution is -2.39. The summed E-state index contributed by atoms with van der Waals surface area (Å²) in [5, 5.41) is 15.1. The van der Waals surface area contributed by atoms with Gasteiger partial charge in [-0.25, -0.2) is 0 Å². The molecule has 7 nitrogen and oxygen atoms in total. The van der Waals surface area contributed by atoms with E-state index in [1.54, 1.807) is 49.6 Å². The first-order valence-corrected chi connectivity index (χ1v) is 11.0. The Labute approximate surface area is 192 Å². The van der Waals surface area contributed by atoms with Crippen LogP contribution >= 0.6 is 0 Å². The lowest BCUT2D eigenvalue weighted by molar-refractivity contribution is -0.132. The van der Waals surface area contributed by atoms with Crippen molar-refractivity contribution in [2.24, 2.45) is 5.92 Å². The third-order valence-electron chi connectivity index (χ3n) is 6.22. The van der Waals surface area contributed by atoms with Gasteiger partial charge in [0.05, 0.1) is 18.7 Å². The number of aliphatic hydroxyl groups is 1. The minimum atomic E-state index is -0.680. The van der Waals surface area contributed by atoms with E-state index in [0.29, 0.717) is 22.7 Å². The molecule has 4 rings (SSSR count). The third-order valence-corrected chi connectivity index (χ3v) is 6.22. The lowest BCUT2D eigenvalue weighted by Gasteiger charge is -2.31. The largest absolute Gasteiger partial charge is 0.507 e. The summed E-state index contributed by atoms with van der Waals surface area (Å²) in [7, 11) is 1.56. The molecule has 3 aromatic rings. The van der Waals surface area contributed by atoms with Crippen molar-refractivity contribution in [3.8, 4) is 17.0 Å². The number of rotatable bonds is 7. The minimum absolute atomic E-state index is 0.00832. The molecule has 170 valence electrons. The number of benzene rings is 2. The molecule has 1 aliphatic rings. The molecule has 0 radical (unpaired) electrons. The molecule has 1 amide bonds. The van der Waals surface area contributed by atoms with Gasteiger partial charge in [-0.15, -0.1) is 0 Å². The summed E-state index contributed by atoms with van der Waals surface area (Å²) in [6.07, 6.45) is 2.98. The fourth-order valence-electron chi connectivity index (χ4n) is 4.38. The standard InChI is InChI=1S/C26H26N2O5/c1-4-16(5-2)23-22(24(29)18-8-12-20(32-3)13-9-18)25(30)26(31)28(23)19-10-6-17(7-11-19)21-14-15-33-27-21/h6-16,23,29H,4-5H2,1-3H3/b24-22-. The summed E-state index contributed by atoms with van der Waals surface area (Å²) in [4.78, 5) is 27.9. The number of carbonyl (C=O) groups excluding carboxylic acids is 2. The lowest BCUT2D eigenvalue weighted by atomic mass is 9.87. The summed E-state index contributed by atoms with van der Waals surface area (Å²) < 4.78 is 10.1. The summed E-state index contributed by atoms with van der Waals surface area (Å²) >= 11 is 0. The molecule has 1 unspecified atom stereocenters. The van der Waals surface area contributed by atoms with Crippen LogP contribution in [0.1, 0.15) is 32.3 Å². The predicted octanol–water partition coefficient (Wildman–Crippen LogP) is 5.04. The Hall–Kier alpha value is -3.87. The van der Waals surface area contributed by atoms with E-state index in [2.05, 4.69) is 5.16 Å². The fraction of sp³-hybridized carbons (Fsp3) is 0.269. The number of nitrogens with zero attached hydrogens (tertiary/aromatic N) is 2. The molecule has 2 heterocycles. The summed E-state index contributed by atoms with van der Waals surface area (Å²) in [6, 6.07) is 15.2. The van der Waals surface area contributed by atoms with E-state index in [4.69, 9.17) is 9.26 Å². The molecule has 1 N–H and O–H groups in total. The molecule has 33 heavy (non-hydrogen) atoms. The van der Waals surface area contributed by atoms with Gasteiger partial charge in [0.25, 0.3) is 11.7 Å². The smallest absolute Gasteiger partial charge is 0.299 e. The van der Waals surface area contributed by atoms with E-state index in [1.165, 1.54) is 11.2 Å². The quantitative estimate of drug-likeness (QED) is 0.310. The SMILES string of the molecule is CCC(CC)C1/C(=C(/O)c2ccc(OC)cc2)C(=O)C(=O)N1c1ccc(-c2ccon2)cc1. The Bertz CT molecular complexity index is 1160. The highest BCUT2D eigenvalue weighted by Gasteiger charge is 2.48. The van der Waals surface area contributed by atoms with Crippen LogP contribution in [-0.2, 0) is 9.59 Å². The van der Waals surface area contributed by atoms with Crippen molar-refractivity contribution in [1.29, 1.82) is 0 Å². The highest BCUT2D eigenvalue weighted by atomic mass is 16.5. The van der Waals surface area contributed by atoms with Crippen LogP contribution in [0, 0.1) is 5.92 Å². The van der Waals surface area contributed by atoms with Gasteiger partial charge in [0.1, 0.15) is 23.5 Å². The second kappa shape index (κ2) is 9.32. The summed E-state index contributed by atoms with van der Waals surface area (Å²) in [5.41, 5.74) is 2.71. The molecule has 1 atom stereocenters. The molecule has 0 saturated carbocycles. The number of methoxy groups -OCH3 is 1. The first kappa shape index (κ1) is 22.3. The Balaban J connectivity index is 1.80. The number of amides is 1. The first-order valence-electron chi connectivity index (χ1n) is 11.0. The zero-order valence-corrected chi connectivity index (χ0v) is 18.8. The van der Waals surface area contributed by atoms with Gasteiger partial charge in [-0.2, -0.15) is 0 Å². The Morgan fingerprint density at radius 1 is 1.06 bits per heavy atom. The molecule has 0 aliphatic carbocycles. The Morgan fingerprint density at radius 2 is 1.73 bits per heavy atom. The number of ketones is 1. The predicted molar refractivity (Wildman–Crippen MR) is 125 cm³/mol. The van der Waals surface area contributed by atoms with Gasteiger partial charge in [-0.3, -0.25) is 14.5 Å². The Kier molecular flexibility index (Phi) is 6.31. The summed E-state index contributed by atoms with van der Waals surface area (Å²) in [5.74, 6) is -0.867. The van der Waals surface area contributed by atoms with Gasteiger partial charge in [-0.1, -0.05) is 44.0 Å². The molecular weight excluding hydrogens is 420 g/mol. The van der Waals surface area contributed by atoms with Gasteiger partial charge in [-0.05, 0) is 42.3 Å². The molecule has 1 aromatic heterocycles. The number of aromatic nitrogens is 1. The van der Waals surface area contributed by atoms with E-state index in [1.807, 2.05) is 26.0 Å². The molecule has 7 heteroatoms. The van der Waals surface area contributed by atoms with Crippen LogP contribution in [0.2, 0.25) is 0 Å². The average molecular weight is 447 g/mol. The highest BCUT2D eigenvalue weighted by molar-refractivity contribution is 6.51. The normalized spacial score (nSPS) is 17.7. The molecule has 0 spiro atoms. The first-order chi connectivity index (χ1) is 16.0. The van der Waals surface area contributed by atoms with Crippen molar-refractivity contribution in [3.63, 3.8) is 0 Å². The van der Waals surface area contributed by atoms with E-state index < -0.39 is 17.7 Å². The Morgan fingerprint density at radius 3 is 2.27 bits per heavy atom. The van der Waals surface area contributed by atoms with Crippen LogP contribution in [0.3, 0.4) is 0 Å². The van der Waals surface area contributed by atoms with Gasteiger partial charge in [0, 0.05) is 22.9 Å². The molecule has 1 fully saturated rings. The van der Waals surface area contributed by atoms with E-state index >= 15 is 0 Å². The van der Waals surface area contributed by atoms with Gasteiger partial charge in [0.15, 0.2) is 0 Å². The van der Waals surface area contributed by atoms with Gasteiger partial charge < -0.3 is 14.4 Å². The highest BCUT2D eigenvalue weighted by Crippen LogP contribution is 2.39. The second-order valence-electron chi connectivity index (χ2n) is 7.95. The van der Waals surface area contributed by atoms with Crippen molar-refractivity contribution in [2.75, 3.05) is 12.0 Å². The van der Waals surface area contributed by atoms with E-state index in [-0.39, 0.29) is 17.3 Å². The number of anilines is 1. The zero-order valence-electron chi connectivity index (χ0n) is 18.8. The van der Waals surface area contributed by atoms with Crippen LogP contribution < -0.4 is 9.64 Å². The van der Waals surface area contributed by atoms with Crippen LogP contribution in [0.4, 0.5) is 5.69 Å². The molecule has 1 aliphatic heterocycles. The van der Waals surface area contributed by atoms with Crippen molar-refractivity contribution in [1.82, 2.24) is 5.16 Å². The van der Waals surface area contributed by atoms with Crippen LogP contribution in [0.25, 0.3) is 17.0 Å². The minimum Gasteiger partial charge on any atom is -0.507 e. The maximum atomic E-state index is 13.2. The van der Waals surface area contributed by atoms with Gasteiger partial charge in [0.2, 0.25) is 0 Å². The molecular formula is C26H26N2O5. The van der Waals surface area contributed by atoms with Gasteiger partial charge >= 0.3 is 0 Å². The van der Waals surface area contributed by atoms with Crippen molar-refractivity contribution in [3.05, 3.63) is 72.0 Å². The maximum absolute atomic E-state index is 13.2. The number of aliphatic hydroxyl groups excluding tert-OH is 1. The number of hydrogen-bond acceptors (Lipinski definition) is 6. The van der Waals surface area contributed by atoms with Crippen molar-refractivity contribution in [2.45, 2.75) is 32.7 Å². The average Bonchev–Trinajstić information content (AvgIpc) is 3.47. The molecule has 2 aromatic carbocycles. The number of hydrogen-bond donors (Lipinski definition) is 1. The van der Waals surface area contributed by atoms with E-state index in [0.717, 1.165) is 18.4 Å². The van der Waals surface area contributed by atoms with Crippen LogP contribution in [0.15, 0.2) is 71.0 Å². The summed E-state index contributed by atoms with van der Waals surface area (Å²) in [6.45, 7) is 4.05. The third kappa shape index (κ3) is 4.02. The monoisotopic (exact) mass is 446 g/mol. The van der Waals surface area contributed by atoms with Crippen molar-refractivity contribution < 1.29 is 24.0 Å². The van der Waals surface area contributed by atoms with Crippen LogP contribution in [0.5, 0.6) is 5.75 Å². The number of ether oxygens (including phenoxy) is 1. The zero-order chi connectivity index (χ0) is 23.5. The number of carbonyl (C=O) groups is 2. The maximum Gasteiger partial charge on any atom is 0.299 e. The topological polar surface area (TPSA) is 92.9 Å². The molecule has 0 bridgehead atoms. The second-order valence-corrected chi connectivity index (χ2v) is 7.95. The molecule has 1 saturated heterocycles. The van der Waals surface area contributed by atoms with Crippen LogP contribution in [-0.4, -0.2) is 35.1 Å². The van der Waals surface area contributed by atoms with E-state index in [9.17, 15) is 14.7 Å².